The Bertz CT molecular complexity index is 748. The summed E-state index contributed by atoms with van der Waals surface area (Å²) in [7, 11) is 0. The third-order valence-electron chi connectivity index (χ3n) is 2.82. The molecule has 19 heavy (non-hydrogen) atoms. The molecule has 0 bridgehead atoms. The first-order valence-electron chi connectivity index (χ1n) is 5.80. The molecule has 0 atom stereocenters. The van der Waals surface area contributed by atoms with Crippen LogP contribution in [0.2, 0.25) is 0 Å². The first-order chi connectivity index (χ1) is 9.22. The Kier molecular flexibility index (Phi) is 2.64. The normalized spacial score (nSPS) is 10.5. The molecule has 1 aromatic carbocycles. The highest BCUT2D eigenvalue weighted by molar-refractivity contribution is 6.04. The standard InChI is InChI=1S/C14H11N3O2/c18-13-6-5-10(8-15-13)14(19)17-12-7-9-3-1-2-4-11(9)16-12/h1-8,16H,(H,15,18)(H,17,19). The number of H-pyrrole nitrogens is 2. The SMILES string of the molecule is O=C(Nc1cc2ccccc2[nH]1)c1ccc(=O)[nH]c1. The minimum Gasteiger partial charge on any atom is -0.341 e. The monoisotopic (exact) mass is 253 g/mol. The molecule has 0 aliphatic rings. The number of pyridine rings is 1. The highest BCUT2D eigenvalue weighted by Crippen LogP contribution is 2.18. The molecule has 1 amide bonds. The quantitative estimate of drug-likeness (QED) is 0.654. The largest absolute Gasteiger partial charge is 0.341 e. The molecular formula is C14H11N3O2. The molecule has 0 spiro atoms. The van der Waals surface area contributed by atoms with E-state index in [9.17, 15) is 9.59 Å². The molecule has 2 aromatic heterocycles. The van der Waals surface area contributed by atoms with Gasteiger partial charge < -0.3 is 15.3 Å². The van der Waals surface area contributed by atoms with Crippen molar-refractivity contribution >= 4 is 22.6 Å². The third kappa shape index (κ3) is 2.26. The van der Waals surface area contributed by atoms with Gasteiger partial charge in [0.2, 0.25) is 5.56 Å². The summed E-state index contributed by atoms with van der Waals surface area (Å²) in [5.74, 6) is 0.347. The van der Waals surface area contributed by atoms with E-state index in [-0.39, 0.29) is 11.5 Å². The molecule has 0 radical (unpaired) electrons. The van der Waals surface area contributed by atoms with E-state index < -0.39 is 0 Å². The maximum absolute atomic E-state index is 11.9. The summed E-state index contributed by atoms with van der Waals surface area (Å²) in [6, 6.07) is 12.4. The van der Waals surface area contributed by atoms with Gasteiger partial charge in [-0.2, -0.15) is 0 Å². The van der Waals surface area contributed by atoms with Gasteiger partial charge in [0.15, 0.2) is 0 Å². The predicted molar refractivity (Wildman–Crippen MR) is 73.3 cm³/mol. The fourth-order valence-electron chi connectivity index (χ4n) is 1.89. The summed E-state index contributed by atoms with van der Waals surface area (Å²) >= 11 is 0. The average Bonchev–Trinajstić information content (AvgIpc) is 2.81. The Labute approximate surface area is 108 Å². The molecule has 3 rings (SSSR count). The Balaban J connectivity index is 1.86. The third-order valence-corrected chi connectivity index (χ3v) is 2.82. The van der Waals surface area contributed by atoms with Crippen molar-refractivity contribution in [2.24, 2.45) is 0 Å². The molecule has 5 nitrogen and oxygen atoms in total. The number of aromatic nitrogens is 2. The Morgan fingerprint density at radius 2 is 1.95 bits per heavy atom. The number of amides is 1. The van der Waals surface area contributed by atoms with Crippen LogP contribution in [0.3, 0.4) is 0 Å². The summed E-state index contributed by atoms with van der Waals surface area (Å²) in [5.41, 5.74) is 1.12. The van der Waals surface area contributed by atoms with E-state index in [0.717, 1.165) is 10.9 Å². The van der Waals surface area contributed by atoms with Gasteiger partial charge in [-0.25, -0.2) is 0 Å². The van der Waals surface area contributed by atoms with Crippen LogP contribution in [0.25, 0.3) is 10.9 Å². The number of aromatic amines is 2. The summed E-state index contributed by atoms with van der Waals surface area (Å²) < 4.78 is 0. The molecule has 0 aliphatic carbocycles. The van der Waals surface area contributed by atoms with Crippen molar-refractivity contribution < 1.29 is 4.79 Å². The number of anilines is 1. The van der Waals surface area contributed by atoms with Gasteiger partial charge in [-0.3, -0.25) is 9.59 Å². The molecule has 5 heteroatoms. The van der Waals surface area contributed by atoms with Gasteiger partial charge in [0.25, 0.3) is 5.91 Å². The molecule has 0 aliphatic heterocycles. The zero-order valence-electron chi connectivity index (χ0n) is 9.94. The van der Waals surface area contributed by atoms with Crippen molar-refractivity contribution in [1.29, 1.82) is 0 Å². The molecular weight excluding hydrogens is 242 g/mol. The highest BCUT2D eigenvalue weighted by atomic mass is 16.2. The van der Waals surface area contributed by atoms with Crippen LogP contribution in [0, 0.1) is 0 Å². The van der Waals surface area contributed by atoms with Crippen LogP contribution in [0.1, 0.15) is 10.4 Å². The van der Waals surface area contributed by atoms with E-state index in [2.05, 4.69) is 15.3 Å². The molecule has 2 heterocycles. The zero-order valence-corrected chi connectivity index (χ0v) is 9.94. The predicted octanol–water partition coefficient (Wildman–Crippen LogP) is 2.11. The van der Waals surface area contributed by atoms with Gasteiger partial charge in [-0.15, -0.1) is 0 Å². The first-order valence-corrected chi connectivity index (χ1v) is 5.80. The number of rotatable bonds is 2. The number of para-hydroxylation sites is 1. The van der Waals surface area contributed by atoms with Gasteiger partial charge in [0, 0.05) is 23.2 Å². The van der Waals surface area contributed by atoms with E-state index >= 15 is 0 Å². The van der Waals surface area contributed by atoms with Crippen molar-refractivity contribution in [2.45, 2.75) is 0 Å². The second kappa shape index (κ2) is 4.45. The van der Waals surface area contributed by atoms with Crippen molar-refractivity contribution in [3.8, 4) is 0 Å². The van der Waals surface area contributed by atoms with E-state index in [4.69, 9.17) is 0 Å². The fraction of sp³-hybridized carbons (Fsp3) is 0. The molecule has 0 saturated carbocycles. The number of fused-ring (bicyclic) bond motifs is 1. The molecule has 0 saturated heterocycles. The topological polar surface area (TPSA) is 77.8 Å². The van der Waals surface area contributed by atoms with Gasteiger partial charge in [0.05, 0.1) is 5.56 Å². The Morgan fingerprint density at radius 3 is 2.68 bits per heavy atom. The van der Waals surface area contributed by atoms with E-state index in [1.165, 1.54) is 18.3 Å². The van der Waals surface area contributed by atoms with E-state index in [0.29, 0.717) is 11.4 Å². The first kappa shape index (κ1) is 11.3. The lowest BCUT2D eigenvalue weighted by atomic mass is 10.2. The van der Waals surface area contributed by atoms with Crippen LogP contribution < -0.4 is 10.9 Å². The maximum Gasteiger partial charge on any atom is 0.258 e. The van der Waals surface area contributed by atoms with Gasteiger partial charge in [-0.05, 0) is 18.2 Å². The lowest BCUT2D eigenvalue weighted by molar-refractivity contribution is 0.102. The Morgan fingerprint density at radius 1 is 1.11 bits per heavy atom. The summed E-state index contributed by atoms with van der Waals surface area (Å²) in [6.45, 7) is 0. The number of benzene rings is 1. The van der Waals surface area contributed by atoms with E-state index in [1.807, 2.05) is 30.3 Å². The smallest absolute Gasteiger partial charge is 0.258 e. The minimum absolute atomic E-state index is 0.234. The second-order valence-electron chi connectivity index (χ2n) is 4.17. The molecule has 94 valence electrons. The van der Waals surface area contributed by atoms with Crippen LogP contribution in [0.4, 0.5) is 5.82 Å². The lowest BCUT2D eigenvalue weighted by Gasteiger charge is -2.01. The number of carbonyl (C=O) groups excluding carboxylic acids is 1. The van der Waals surface area contributed by atoms with Crippen LogP contribution in [0.5, 0.6) is 0 Å². The van der Waals surface area contributed by atoms with Gasteiger partial charge in [-0.1, -0.05) is 18.2 Å². The van der Waals surface area contributed by atoms with Crippen LogP contribution >= 0.6 is 0 Å². The van der Waals surface area contributed by atoms with Crippen LogP contribution in [0.15, 0.2) is 53.5 Å². The molecule has 3 aromatic rings. The molecule has 0 unspecified atom stereocenters. The van der Waals surface area contributed by atoms with Crippen molar-refractivity contribution in [3.05, 3.63) is 64.6 Å². The van der Waals surface area contributed by atoms with Crippen LogP contribution in [-0.2, 0) is 0 Å². The fourth-order valence-corrected chi connectivity index (χ4v) is 1.89. The zero-order chi connectivity index (χ0) is 13.2. The van der Waals surface area contributed by atoms with Crippen molar-refractivity contribution in [3.63, 3.8) is 0 Å². The van der Waals surface area contributed by atoms with Gasteiger partial charge >= 0.3 is 0 Å². The van der Waals surface area contributed by atoms with Gasteiger partial charge in [0.1, 0.15) is 5.82 Å². The molecule has 3 N–H and O–H groups in total. The number of carbonyl (C=O) groups is 1. The Hall–Kier alpha value is -2.82. The number of hydrogen-bond donors (Lipinski definition) is 3. The average molecular weight is 253 g/mol. The summed E-state index contributed by atoms with van der Waals surface area (Å²) in [6.07, 6.45) is 1.39. The maximum atomic E-state index is 11.9. The lowest BCUT2D eigenvalue weighted by Crippen LogP contribution is -2.14. The van der Waals surface area contributed by atoms with E-state index in [1.54, 1.807) is 0 Å². The minimum atomic E-state index is -0.275. The summed E-state index contributed by atoms with van der Waals surface area (Å²) in [4.78, 5) is 28.4. The molecule has 0 fully saturated rings. The summed E-state index contributed by atoms with van der Waals surface area (Å²) in [5, 5.41) is 3.78. The number of nitrogens with one attached hydrogen (secondary N) is 3. The van der Waals surface area contributed by atoms with Crippen molar-refractivity contribution in [2.75, 3.05) is 5.32 Å². The van der Waals surface area contributed by atoms with Crippen LogP contribution in [-0.4, -0.2) is 15.9 Å². The number of hydrogen-bond acceptors (Lipinski definition) is 2. The second-order valence-corrected chi connectivity index (χ2v) is 4.17. The van der Waals surface area contributed by atoms with Crippen molar-refractivity contribution in [1.82, 2.24) is 9.97 Å². The highest BCUT2D eigenvalue weighted by Gasteiger charge is 2.07.